The van der Waals surface area contributed by atoms with Crippen molar-refractivity contribution in [2.24, 2.45) is 5.92 Å². The first-order chi connectivity index (χ1) is 26.4. The number of benzene rings is 4. The van der Waals surface area contributed by atoms with Crippen LogP contribution in [0.25, 0.3) is 0 Å². The Labute approximate surface area is 309 Å². The van der Waals surface area contributed by atoms with E-state index in [0.717, 1.165) is 5.92 Å². The van der Waals surface area contributed by atoms with Gasteiger partial charge in [0, 0.05) is 5.92 Å². The summed E-state index contributed by atoms with van der Waals surface area (Å²) < 4.78 is 294. The minimum atomic E-state index is -7.22. The second kappa shape index (κ2) is 18.0. The molecule has 0 radical (unpaired) electrons. The molecule has 1 N–H and O–H groups in total. The second-order valence-electron chi connectivity index (χ2n) is 12.7. The second-order valence-corrected chi connectivity index (χ2v) is 12.7. The molecule has 0 aromatic heterocycles. The predicted molar refractivity (Wildman–Crippen MR) is 165 cm³/mol. The van der Waals surface area contributed by atoms with Crippen molar-refractivity contribution in [3.05, 3.63) is 116 Å². The lowest BCUT2D eigenvalue weighted by molar-refractivity contribution is -0.899. The highest BCUT2D eigenvalue weighted by atomic mass is 19.2. The van der Waals surface area contributed by atoms with Gasteiger partial charge in [0.1, 0.15) is 52.7 Å². The van der Waals surface area contributed by atoms with Crippen molar-refractivity contribution < 1.29 is 92.7 Å². The van der Waals surface area contributed by atoms with E-state index < -0.39 is 144 Å². The molecule has 314 valence electrons. The van der Waals surface area contributed by atoms with Crippen molar-refractivity contribution >= 4 is 28.0 Å². The summed E-state index contributed by atoms with van der Waals surface area (Å²) >= 11 is 0. The molecule has 0 aliphatic carbocycles. The molecule has 0 saturated carbocycles. The van der Waals surface area contributed by atoms with Crippen molar-refractivity contribution in [2.75, 3.05) is 19.6 Å². The van der Waals surface area contributed by atoms with Gasteiger partial charge < -0.3 is 4.90 Å². The van der Waals surface area contributed by atoms with Gasteiger partial charge in [-0.15, -0.1) is 21.9 Å². The maximum Gasteiger partial charge on any atom is 0.200 e. The Bertz CT molecular complexity index is 1790. The van der Waals surface area contributed by atoms with Gasteiger partial charge in [-0.05, 0) is 20.3 Å². The van der Waals surface area contributed by atoms with Gasteiger partial charge in [0.25, 0.3) is 0 Å². The molecule has 4 aromatic carbocycles. The van der Waals surface area contributed by atoms with E-state index in [9.17, 15) is 52.7 Å². The maximum atomic E-state index is 15.4. The molecule has 22 heteroatoms. The van der Waals surface area contributed by atoms with Crippen LogP contribution in [0.3, 0.4) is 0 Å². The average molecular weight is 851 g/mol. The van der Waals surface area contributed by atoms with E-state index in [1.165, 1.54) is 38.9 Å². The van der Waals surface area contributed by atoms with E-state index in [0.29, 0.717) is 0 Å². The van der Waals surface area contributed by atoms with Crippen LogP contribution in [0.4, 0.5) is 87.8 Å². The Morgan fingerprint density at radius 3 is 0.719 bits per heavy atom. The molecule has 57 heavy (non-hydrogen) atoms. The molecule has 1 unspecified atom stereocenters. The lowest BCUT2D eigenvalue weighted by atomic mass is 9.12. The number of unbranched alkanes of at least 4 members (excludes halogenated alkanes) is 1. The summed E-state index contributed by atoms with van der Waals surface area (Å²) in [6.07, 6.45) is -3.05. The SMILES string of the molecule is CCCCC(C)C[NH+](CC)CC.Fc1c(F)c(F)c([B-](c2c(F)c(F)c(F)c(F)c2F)(c2c(F)c(F)c(F)c(F)c2F)c2c(F)c(F)c(F)c(F)c2F)c(F)c1F. The molecule has 0 saturated heterocycles. The lowest BCUT2D eigenvalue weighted by Gasteiger charge is -2.44. The Morgan fingerprint density at radius 1 is 0.351 bits per heavy atom. The lowest BCUT2D eigenvalue weighted by Crippen LogP contribution is -3.12. The fraction of sp³-hybridized carbons (Fsp3) is 0.314. The summed E-state index contributed by atoms with van der Waals surface area (Å²) in [5.74, 6) is -70.5. The van der Waals surface area contributed by atoms with Gasteiger partial charge >= 0.3 is 0 Å². The quantitative estimate of drug-likeness (QED) is 0.0688. The van der Waals surface area contributed by atoms with E-state index in [-0.39, 0.29) is 0 Å². The van der Waals surface area contributed by atoms with Crippen molar-refractivity contribution in [1.29, 1.82) is 0 Å². The molecule has 0 fully saturated rings. The van der Waals surface area contributed by atoms with Crippen molar-refractivity contribution in [2.45, 2.75) is 47.0 Å². The molecule has 4 aromatic rings. The Kier molecular flexibility index (Phi) is 14.8. The fourth-order valence-corrected chi connectivity index (χ4v) is 6.56. The van der Waals surface area contributed by atoms with Gasteiger partial charge in [-0.2, -0.15) is 0 Å². The summed E-state index contributed by atoms with van der Waals surface area (Å²) in [6.45, 7) is 13.2. The van der Waals surface area contributed by atoms with Crippen molar-refractivity contribution in [3.8, 4) is 0 Å². The van der Waals surface area contributed by atoms with Crippen LogP contribution in [-0.2, 0) is 0 Å². The summed E-state index contributed by atoms with van der Waals surface area (Å²) in [4.78, 5) is 1.75. The smallest absolute Gasteiger partial charge is 0.200 e. The third-order valence-electron chi connectivity index (χ3n) is 9.39. The first-order valence-corrected chi connectivity index (χ1v) is 16.5. The number of rotatable bonds is 11. The standard InChI is InChI=1S/C24BF20.C11H25N/c26-5-1(6(27)14(35)21(42)13(5)34)25(2-7(28)15(36)22(43)16(37)8(2)29,3-9(30)17(38)23(44)18(39)10(3)31)4-11(32)19(40)24(45)20(41)12(4)33;1-5-8-9-11(4)10-12(6-2)7-3/h;11H,5-10H2,1-4H3/q-1;/p+1. The van der Waals surface area contributed by atoms with Crippen LogP contribution in [0.15, 0.2) is 0 Å². The average Bonchev–Trinajstić information content (AvgIpc) is 3.19. The highest BCUT2D eigenvalue weighted by molar-refractivity contribution is 7.20. The Hall–Kier alpha value is -4.50. The van der Waals surface area contributed by atoms with Crippen LogP contribution in [-0.4, -0.2) is 25.8 Å². The summed E-state index contributed by atoms with van der Waals surface area (Å²) in [5.41, 5.74) is -14.3. The molecule has 0 spiro atoms. The first kappa shape index (κ1) is 46.9. The highest BCUT2D eigenvalue weighted by Gasteiger charge is 2.52. The number of nitrogens with one attached hydrogen (secondary N) is 1. The van der Waals surface area contributed by atoms with Crippen LogP contribution in [0.2, 0.25) is 0 Å². The monoisotopic (exact) mass is 851 g/mol. The zero-order chi connectivity index (χ0) is 43.8. The summed E-state index contributed by atoms with van der Waals surface area (Å²) in [5, 5.41) is 0. The normalized spacial score (nSPS) is 12.4. The van der Waals surface area contributed by atoms with E-state index in [2.05, 4.69) is 27.7 Å². The Balaban J connectivity index is 0.000000626. The molecular weight excluding hydrogens is 825 g/mol. The van der Waals surface area contributed by atoms with E-state index in [1.54, 1.807) is 4.90 Å². The molecule has 0 heterocycles. The van der Waals surface area contributed by atoms with Gasteiger partial charge in [0.15, 0.2) is 69.8 Å². The fourth-order valence-electron chi connectivity index (χ4n) is 6.56. The molecule has 0 bridgehead atoms. The van der Waals surface area contributed by atoms with Crippen LogP contribution in [0, 0.1) is 122 Å². The molecule has 1 atom stereocenters. The summed E-state index contributed by atoms with van der Waals surface area (Å²) in [6, 6.07) is 0. The van der Waals surface area contributed by atoms with E-state index in [1.807, 2.05) is 0 Å². The number of hydrogen-bond acceptors (Lipinski definition) is 0. The molecule has 0 aliphatic rings. The third-order valence-corrected chi connectivity index (χ3v) is 9.39. The zero-order valence-corrected chi connectivity index (χ0v) is 29.5. The third kappa shape index (κ3) is 7.76. The number of quaternary nitrogens is 1. The first-order valence-electron chi connectivity index (χ1n) is 16.5. The molecule has 0 aliphatic heterocycles. The van der Waals surface area contributed by atoms with Gasteiger partial charge in [0.2, 0.25) is 0 Å². The number of hydrogen-bond donors (Lipinski definition) is 1. The maximum absolute atomic E-state index is 15.4. The van der Waals surface area contributed by atoms with Crippen LogP contribution < -0.4 is 26.8 Å². The van der Waals surface area contributed by atoms with Gasteiger partial charge in [-0.3, -0.25) is 0 Å². The molecular formula is C35H26BF20N. The van der Waals surface area contributed by atoms with Gasteiger partial charge in [-0.25, -0.2) is 87.8 Å². The molecule has 1 nitrogen and oxygen atoms in total. The summed E-state index contributed by atoms with van der Waals surface area (Å²) in [7, 11) is 0. The van der Waals surface area contributed by atoms with E-state index >= 15 is 35.1 Å². The topological polar surface area (TPSA) is 4.44 Å². The minimum absolute atomic E-state index is 0.917. The largest absolute Gasteiger partial charge is 0.335 e. The van der Waals surface area contributed by atoms with Gasteiger partial charge in [-0.1, -0.05) is 26.7 Å². The van der Waals surface area contributed by atoms with E-state index in [4.69, 9.17) is 0 Å². The zero-order valence-electron chi connectivity index (χ0n) is 29.5. The van der Waals surface area contributed by atoms with Crippen LogP contribution in [0.1, 0.15) is 47.0 Å². The van der Waals surface area contributed by atoms with Crippen molar-refractivity contribution in [3.63, 3.8) is 0 Å². The van der Waals surface area contributed by atoms with Crippen LogP contribution >= 0.6 is 0 Å². The molecule has 4 rings (SSSR count). The highest BCUT2D eigenvalue weighted by Crippen LogP contribution is 2.30. The Morgan fingerprint density at radius 2 is 0.544 bits per heavy atom. The van der Waals surface area contributed by atoms with Crippen LogP contribution in [0.5, 0.6) is 0 Å². The minimum Gasteiger partial charge on any atom is -0.335 e. The molecule has 0 amide bonds. The van der Waals surface area contributed by atoms with Crippen molar-refractivity contribution in [1.82, 2.24) is 0 Å². The number of halogens is 20. The van der Waals surface area contributed by atoms with Gasteiger partial charge in [0.05, 0.1) is 19.6 Å². The predicted octanol–water partition coefficient (Wildman–Crippen LogP) is 7.58.